The molecule has 0 fully saturated rings. The fourth-order valence-electron chi connectivity index (χ4n) is 0.762. The molecule has 0 aliphatic carbocycles. The van der Waals surface area contributed by atoms with Gasteiger partial charge in [0.25, 0.3) is 0 Å². The molecule has 0 spiro atoms. The van der Waals surface area contributed by atoms with Gasteiger partial charge in [0.1, 0.15) is 0 Å². The predicted octanol–water partition coefficient (Wildman–Crippen LogP) is 3.76. The lowest BCUT2D eigenvalue weighted by molar-refractivity contribution is 0.571. The molecule has 0 bridgehead atoms. The smallest absolute Gasteiger partial charge is 0.0146 e. The lowest BCUT2D eigenvalue weighted by Gasteiger charge is -2.14. The summed E-state index contributed by atoms with van der Waals surface area (Å²) in [5.74, 6) is 0.715. The van der Waals surface area contributed by atoms with E-state index in [4.69, 9.17) is 0 Å². The van der Waals surface area contributed by atoms with E-state index < -0.39 is 0 Å². The summed E-state index contributed by atoms with van der Waals surface area (Å²) in [6, 6.07) is 0. The van der Waals surface area contributed by atoms with Crippen LogP contribution in [0.1, 0.15) is 33.6 Å². The molecule has 0 N–H and O–H groups in total. The van der Waals surface area contributed by atoms with Crippen molar-refractivity contribution in [2.75, 3.05) is 0 Å². The second kappa shape index (κ2) is 4.95. The average molecular weight is 205 g/mol. The minimum absolute atomic E-state index is 0.607. The van der Waals surface area contributed by atoms with Crippen LogP contribution in [0, 0.1) is 5.92 Å². The van der Waals surface area contributed by atoms with Crippen molar-refractivity contribution in [1.82, 2.24) is 0 Å². The van der Waals surface area contributed by atoms with Crippen molar-refractivity contribution in [3.8, 4) is 0 Å². The van der Waals surface area contributed by atoms with Gasteiger partial charge in [-0.3, -0.25) is 0 Å². The van der Waals surface area contributed by atoms with Crippen LogP contribution in [0.2, 0.25) is 0 Å². The molecule has 0 aromatic heterocycles. The van der Waals surface area contributed by atoms with Gasteiger partial charge in [-0.15, -0.1) is 0 Å². The highest BCUT2D eigenvalue weighted by Gasteiger charge is 2.08. The zero-order chi connectivity index (χ0) is 8.15. The summed E-state index contributed by atoms with van der Waals surface area (Å²) < 4.78 is 0. The molecule has 0 nitrogen and oxygen atoms in total. The lowest BCUT2D eigenvalue weighted by atomic mass is 9.98. The van der Waals surface area contributed by atoms with Gasteiger partial charge in [0.2, 0.25) is 0 Å². The second-order valence-electron chi connectivity index (χ2n) is 2.96. The van der Waals surface area contributed by atoms with Gasteiger partial charge in [0.05, 0.1) is 0 Å². The summed E-state index contributed by atoms with van der Waals surface area (Å²) in [4.78, 5) is 0.607. The van der Waals surface area contributed by atoms with Crippen LogP contribution in [0.4, 0.5) is 0 Å². The van der Waals surface area contributed by atoms with Crippen molar-refractivity contribution >= 4 is 15.9 Å². The molecule has 0 aromatic carbocycles. The first kappa shape index (κ1) is 10.2. The van der Waals surface area contributed by atoms with E-state index in [1.54, 1.807) is 0 Å². The van der Waals surface area contributed by atoms with Gasteiger partial charge in [0, 0.05) is 4.83 Å². The Bertz CT molecular complexity index is 105. The number of hydrogen-bond acceptors (Lipinski definition) is 0. The van der Waals surface area contributed by atoms with Crippen LogP contribution >= 0.6 is 15.9 Å². The Kier molecular flexibility index (Phi) is 5.06. The van der Waals surface area contributed by atoms with Crippen molar-refractivity contribution < 1.29 is 0 Å². The first-order valence-corrected chi connectivity index (χ1v) is 4.80. The van der Waals surface area contributed by atoms with Gasteiger partial charge >= 0.3 is 0 Å². The third-order valence-corrected chi connectivity index (χ3v) is 2.80. The maximum atomic E-state index is 3.97. The monoisotopic (exact) mass is 204 g/mol. The van der Waals surface area contributed by atoms with Crippen LogP contribution in [0.25, 0.3) is 0 Å². The van der Waals surface area contributed by atoms with Crippen LogP contribution < -0.4 is 0 Å². The summed E-state index contributed by atoms with van der Waals surface area (Å²) in [5, 5.41) is 0. The van der Waals surface area contributed by atoms with Gasteiger partial charge in [-0.1, -0.05) is 48.9 Å². The lowest BCUT2D eigenvalue weighted by Crippen LogP contribution is -2.06. The third kappa shape index (κ3) is 4.10. The van der Waals surface area contributed by atoms with Crippen LogP contribution in [-0.2, 0) is 0 Å². The normalized spacial score (nSPS) is 16.4. The Morgan fingerprint density at radius 1 is 1.50 bits per heavy atom. The van der Waals surface area contributed by atoms with E-state index >= 15 is 0 Å². The van der Waals surface area contributed by atoms with Gasteiger partial charge in [-0.05, 0) is 18.8 Å². The highest BCUT2D eigenvalue weighted by Crippen LogP contribution is 2.20. The number of rotatable bonds is 4. The number of alkyl halides is 1. The molecule has 0 saturated carbocycles. The predicted molar refractivity (Wildman–Crippen MR) is 51.6 cm³/mol. The van der Waals surface area contributed by atoms with Crippen LogP contribution in [0.3, 0.4) is 0 Å². The molecule has 0 aliphatic heterocycles. The van der Waals surface area contributed by atoms with E-state index in [-0.39, 0.29) is 0 Å². The van der Waals surface area contributed by atoms with E-state index in [1.165, 1.54) is 5.57 Å². The number of hydrogen-bond donors (Lipinski definition) is 0. The third-order valence-electron chi connectivity index (χ3n) is 1.89. The van der Waals surface area contributed by atoms with E-state index in [1.807, 2.05) is 0 Å². The molecule has 2 atom stereocenters. The van der Waals surface area contributed by atoms with E-state index in [9.17, 15) is 0 Å². The standard InChI is InChI=1S/C9H17Br/c1-5-7(2)6-8(3)9(4)10/h8-9H,2,5-6H2,1,3-4H3. The van der Waals surface area contributed by atoms with Crippen molar-refractivity contribution in [3.63, 3.8) is 0 Å². The highest BCUT2D eigenvalue weighted by atomic mass is 79.9. The Morgan fingerprint density at radius 3 is 2.30 bits per heavy atom. The molecule has 60 valence electrons. The zero-order valence-electron chi connectivity index (χ0n) is 7.15. The Balaban J connectivity index is 3.57. The largest absolute Gasteiger partial charge is 0.0999 e. The molecular weight excluding hydrogens is 188 g/mol. The van der Waals surface area contributed by atoms with Gasteiger partial charge in [-0.25, -0.2) is 0 Å². The van der Waals surface area contributed by atoms with Crippen molar-refractivity contribution in [3.05, 3.63) is 12.2 Å². The maximum Gasteiger partial charge on any atom is 0.0146 e. The van der Waals surface area contributed by atoms with Crippen LogP contribution in [0.15, 0.2) is 12.2 Å². The molecule has 0 aromatic rings. The summed E-state index contributed by atoms with van der Waals surface area (Å²) in [7, 11) is 0. The summed E-state index contributed by atoms with van der Waals surface area (Å²) >= 11 is 3.56. The van der Waals surface area contributed by atoms with Gasteiger partial charge in [-0.2, -0.15) is 0 Å². The van der Waals surface area contributed by atoms with Crippen molar-refractivity contribution in [1.29, 1.82) is 0 Å². The molecule has 10 heavy (non-hydrogen) atoms. The quantitative estimate of drug-likeness (QED) is 0.484. The molecule has 0 radical (unpaired) electrons. The molecule has 0 heterocycles. The summed E-state index contributed by atoms with van der Waals surface area (Å²) in [6.07, 6.45) is 2.27. The summed E-state index contributed by atoms with van der Waals surface area (Å²) in [5.41, 5.74) is 1.36. The Hall–Kier alpha value is 0.220. The van der Waals surface area contributed by atoms with Gasteiger partial charge in [0.15, 0.2) is 0 Å². The molecular formula is C9H17Br. The van der Waals surface area contributed by atoms with Gasteiger partial charge < -0.3 is 0 Å². The first-order valence-electron chi connectivity index (χ1n) is 3.88. The maximum absolute atomic E-state index is 3.97. The van der Waals surface area contributed by atoms with E-state index in [0.717, 1.165) is 12.8 Å². The summed E-state index contributed by atoms with van der Waals surface area (Å²) in [6.45, 7) is 10.6. The Labute approximate surface area is 72.8 Å². The SMILES string of the molecule is C=C(CC)CC(C)C(C)Br. The van der Waals surface area contributed by atoms with Crippen molar-refractivity contribution in [2.24, 2.45) is 5.92 Å². The number of allylic oxidation sites excluding steroid dienone is 1. The fourth-order valence-corrected chi connectivity index (χ4v) is 0.949. The first-order chi connectivity index (χ1) is 4.57. The molecule has 1 heteroatoms. The average Bonchev–Trinajstić information content (AvgIpc) is 1.87. The van der Waals surface area contributed by atoms with Crippen LogP contribution in [0.5, 0.6) is 0 Å². The minimum Gasteiger partial charge on any atom is -0.0999 e. The van der Waals surface area contributed by atoms with Crippen LogP contribution in [-0.4, -0.2) is 4.83 Å². The zero-order valence-corrected chi connectivity index (χ0v) is 8.74. The Morgan fingerprint density at radius 2 is 2.00 bits per heavy atom. The minimum atomic E-state index is 0.607. The van der Waals surface area contributed by atoms with E-state index in [2.05, 4.69) is 43.3 Å². The fraction of sp³-hybridized carbons (Fsp3) is 0.778. The molecule has 2 unspecified atom stereocenters. The number of halogens is 1. The molecule has 0 amide bonds. The molecule has 0 saturated heterocycles. The topological polar surface area (TPSA) is 0 Å². The van der Waals surface area contributed by atoms with E-state index in [0.29, 0.717) is 10.7 Å². The molecule has 0 rings (SSSR count). The highest BCUT2D eigenvalue weighted by molar-refractivity contribution is 9.09. The van der Waals surface area contributed by atoms with Crippen molar-refractivity contribution in [2.45, 2.75) is 38.4 Å². The molecule has 0 aliphatic rings. The second-order valence-corrected chi connectivity index (χ2v) is 4.41.